The molecule has 0 amide bonds. The molecule has 0 aromatic heterocycles. The van der Waals surface area contributed by atoms with Crippen molar-refractivity contribution in [1.29, 1.82) is 0 Å². The van der Waals surface area contributed by atoms with Crippen molar-refractivity contribution in [3.8, 4) is 78.6 Å². The molecule has 0 spiro atoms. The highest BCUT2D eigenvalue weighted by molar-refractivity contribution is 6.13. The van der Waals surface area contributed by atoms with Crippen LogP contribution in [0.25, 0.3) is 77.2 Å². The van der Waals surface area contributed by atoms with Crippen molar-refractivity contribution in [2.75, 3.05) is 14.2 Å². The van der Waals surface area contributed by atoms with E-state index in [-0.39, 0.29) is 0 Å². The van der Waals surface area contributed by atoms with Crippen molar-refractivity contribution < 1.29 is 28.5 Å². The number of benzene rings is 10. The molecule has 10 aromatic rings. The van der Waals surface area contributed by atoms with Gasteiger partial charge in [0.05, 0.1) is 25.3 Å². The summed E-state index contributed by atoms with van der Waals surface area (Å²) in [5.74, 6) is 1.13. The highest BCUT2D eigenvalue weighted by atomic mass is 16.5. The molecule has 0 saturated heterocycles. The summed E-state index contributed by atoms with van der Waals surface area (Å²) in [6, 6.07) is 70.4. The highest BCUT2D eigenvalue weighted by Crippen LogP contribution is 2.53. The van der Waals surface area contributed by atoms with Crippen LogP contribution in [0.3, 0.4) is 0 Å². The molecule has 0 N–H and O–H groups in total. The van der Waals surface area contributed by atoms with Gasteiger partial charge in [0.2, 0.25) is 0 Å². The first kappa shape index (κ1) is 41.3. The third kappa shape index (κ3) is 8.15. The van der Waals surface area contributed by atoms with Gasteiger partial charge in [0.1, 0.15) is 23.0 Å². The van der Waals surface area contributed by atoms with E-state index in [1.807, 2.05) is 182 Å². The molecular formula is C60H42O6. The Balaban J connectivity index is 1.18. The van der Waals surface area contributed by atoms with Crippen LogP contribution >= 0.6 is 0 Å². The zero-order valence-electron chi connectivity index (χ0n) is 36.2. The molecule has 0 atom stereocenters. The molecule has 0 aliphatic carbocycles. The van der Waals surface area contributed by atoms with E-state index >= 15 is 0 Å². The first-order valence-corrected chi connectivity index (χ1v) is 21.6. The Hall–Kier alpha value is -8.74. The quantitative estimate of drug-likeness (QED) is 0.0953. The fourth-order valence-electron chi connectivity index (χ4n) is 8.50. The Bertz CT molecular complexity index is 3130. The van der Waals surface area contributed by atoms with Gasteiger partial charge >= 0.3 is 11.9 Å². The summed E-state index contributed by atoms with van der Waals surface area (Å²) in [6.07, 6.45) is 0. The predicted molar refractivity (Wildman–Crippen MR) is 265 cm³/mol. The Morgan fingerprint density at radius 3 is 1.00 bits per heavy atom. The minimum Gasteiger partial charge on any atom is -0.497 e. The molecule has 0 fully saturated rings. The van der Waals surface area contributed by atoms with Crippen LogP contribution in [0.5, 0.6) is 23.0 Å². The van der Waals surface area contributed by atoms with Gasteiger partial charge in [-0.3, -0.25) is 0 Å². The number of carbonyl (C=O) groups is 2. The summed E-state index contributed by atoms with van der Waals surface area (Å²) in [7, 11) is 3.28. The lowest BCUT2D eigenvalue weighted by molar-refractivity contribution is 0.0725. The van der Waals surface area contributed by atoms with E-state index in [9.17, 15) is 9.59 Å². The zero-order chi connectivity index (χ0) is 45.0. The number of fused-ring (bicyclic) bond motifs is 2. The maximum absolute atomic E-state index is 14.7. The van der Waals surface area contributed by atoms with Crippen LogP contribution in [0.15, 0.2) is 218 Å². The molecule has 0 aliphatic heterocycles. The van der Waals surface area contributed by atoms with Crippen molar-refractivity contribution in [3.05, 3.63) is 230 Å². The number of ether oxygens (including phenoxy) is 4. The van der Waals surface area contributed by atoms with Gasteiger partial charge in [-0.05, 0) is 116 Å². The molecule has 0 aliphatic rings. The standard InChI is InChI=1S/C60H42O6/c1-63-49-33-29-41(30-34-49)39-21-25-45(26-22-39)59(61)65-57-51-19-11-9-17-47(51)37-53(43-13-5-3-6-14-43)55(57)56-54(44-15-7-4-8-16-44)38-48-18-10-12-20-52(48)58(56)66-60(62)46-27-23-40(24-28-46)42-31-35-50(64-2)36-32-42/h3-38H,1-2H3. The molecule has 0 saturated carbocycles. The average Bonchev–Trinajstić information content (AvgIpc) is 3.39. The van der Waals surface area contributed by atoms with Crippen LogP contribution in [-0.2, 0) is 0 Å². The number of hydrogen-bond acceptors (Lipinski definition) is 6. The minimum absolute atomic E-state index is 0.338. The Morgan fingerprint density at radius 2 is 0.652 bits per heavy atom. The largest absolute Gasteiger partial charge is 0.497 e. The van der Waals surface area contributed by atoms with Crippen molar-refractivity contribution in [1.82, 2.24) is 0 Å². The van der Waals surface area contributed by atoms with Gasteiger partial charge in [0.15, 0.2) is 0 Å². The van der Waals surface area contributed by atoms with Crippen LogP contribution in [0, 0.1) is 0 Å². The number of rotatable bonds is 11. The van der Waals surface area contributed by atoms with Crippen LogP contribution in [0.2, 0.25) is 0 Å². The Labute approximate surface area is 382 Å². The van der Waals surface area contributed by atoms with Crippen LogP contribution in [0.4, 0.5) is 0 Å². The molecule has 0 unspecified atom stereocenters. The van der Waals surface area contributed by atoms with Crippen LogP contribution < -0.4 is 18.9 Å². The molecule has 318 valence electrons. The molecule has 66 heavy (non-hydrogen) atoms. The molecule has 6 heteroatoms. The lowest BCUT2D eigenvalue weighted by Gasteiger charge is -2.24. The Kier molecular flexibility index (Phi) is 11.4. The number of methoxy groups -OCH3 is 2. The minimum atomic E-state index is -0.537. The third-order valence-electron chi connectivity index (χ3n) is 11.9. The number of esters is 2. The summed E-state index contributed by atoms with van der Waals surface area (Å²) >= 11 is 0. The van der Waals surface area contributed by atoms with E-state index in [2.05, 4.69) is 12.1 Å². The second-order valence-electron chi connectivity index (χ2n) is 15.8. The fourth-order valence-corrected chi connectivity index (χ4v) is 8.50. The SMILES string of the molecule is COc1ccc(-c2ccc(C(=O)Oc3c(-c4c(-c5ccccc5)cc5ccccc5c4OC(=O)c4ccc(-c5ccc(OC)cc5)cc4)c(-c4ccccc4)cc4ccccc34)cc2)cc1. The van der Waals surface area contributed by atoms with Crippen molar-refractivity contribution >= 4 is 33.5 Å². The summed E-state index contributed by atoms with van der Waals surface area (Å²) in [4.78, 5) is 29.3. The summed E-state index contributed by atoms with van der Waals surface area (Å²) in [6.45, 7) is 0. The molecule has 0 heterocycles. The van der Waals surface area contributed by atoms with E-state index in [0.29, 0.717) is 44.5 Å². The van der Waals surface area contributed by atoms with Crippen molar-refractivity contribution in [2.24, 2.45) is 0 Å². The average molecular weight is 859 g/mol. The monoisotopic (exact) mass is 858 g/mol. The summed E-state index contributed by atoms with van der Waals surface area (Å²) in [5, 5.41) is 3.17. The highest BCUT2D eigenvalue weighted by Gasteiger charge is 2.29. The number of carbonyl (C=O) groups excluding carboxylic acids is 2. The second kappa shape index (κ2) is 18.2. The first-order valence-electron chi connectivity index (χ1n) is 21.6. The maximum atomic E-state index is 14.7. The van der Waals surface area contributed by atoms with Gasteiger partial charge in [-0.1, -0.05) is 158 Å². The van der Waals surface area contributed by atoms with E-state index in [1.54, 1.807) is 38.5 Å². The van der Waals surface area contributed by atoms with Gasteiger partial charge in [-0.2, -0.15) is 0 Å². The Morgan fingerprint density at radius 1 is 0.333 bits per heavy atom. The summed E-state index contributed by atoms with van der Waals surface area (Å²) in [5.41, 5.74) is 9.17. The van der Waals surface area contributed by atoms with Crippen molar-refractivity contribution in [3.63, 3.8) is 0 Å². The normalized spacial score (nSPS) is 11.0. The predicted octanol–water partition coefficient (Wildman–Crippen LogP) is 14.8. The fraction of sp³-hybridized carbons (Fsp3) is 0.0333. The lowest BCUT2D eigenvalue weighted by Crippen LogP contribution is -2.12. The molecular weight excluding hydrogens is 817 g/mol. The van der Waals surface area contributed by atoms with Gasteiger partial charge in [-0.25, -0.2) is 9.59 Å². The summed E-state index contributed by atoms with van der Waals surface area (Å²) < 4.78 is 24.2. The van der Waals surface area contributed by atoms with E-state index in [4.69, 9.17) is 18.9 Å². The molecule has 6 nitrogen and oxygen atoms in total. The van der Waals surface area contributed by atoms with Crippen molar-refractivity contribution in [2.45, 2.75) is 0 Å². The molecule has 10 rings (SSSR count). The van der Waals surface area contributed by atoms with Gasteiger partial charge in [0.25, 0.3) is 0 Å². The topological polar surface area (TPSA) is 71.1 Å². The lowest BCUT2D eigenvalue weighted by atomic mass is 9.84. The number of hydrogen-bond donors (Lipinski definition) is 0. The zero-order valence-corrected chi connectivity index (χ0v) is 36.2. The second-order valence-corrected chi connectivity index (χ2v) is 15.8. The molecule has 0 bridgehead atoms. The molecule has 0 radical (unpaired) electrons. The van der Waals surface area contributed by atoms with Gasteiger partial charge in [-0.15, -0.1) is 0 Å². The maximum Gasteiger partial charge on any atom is 0.343 e. The van der Waals surface area contributed by atoms with Crippen LogP contribution in [-0.4, -0.2) is 26.2 Å². The smallest absolute Gasteiger partial charge is 0.343 e. The van der Waals surface area contributed by atoms with Crippen LogP contribution in [0.1, 0.15) is 20.7 Å². The van der Waals surface area contributed by atoms with E-state index in [0.717, 1.165) is 66.8 Å². The van der Waals surface area contributed by atoms with Gasteiger partial charge in [0, 0.05) is 21.9 Å². The van der Waals surface area contributed by atoms with E-state index in [1.165, 1.54) is 0 Å². The first-order chi connectivity index (χ1) is 32.4. The third-order valence-corrected chi connectivity index (χ3v) is 11.9. The van der Waals surface area contributed by atoms with E-state index < -0.39 is 11.9 Å². The van der Waals surface area contributed by atoms with Gasteiger partial charge < -0.3 is 18.9 Å². The molecule has 10 aromatic carbocycles.